The molecular weight excluding hydrogens is 148 g/mol. The molecule has 1 saturated heterocycles. The first-order valence-corrected chi connectivity index (χ1v) is 5.05. The molecule has 1 aliphatic rings. The van der Waals surface area contributed by atoms with Gasteiger partial charge >= 0.3 is 0 Å². The van der Waals surface area contributed by atoms with E-state index >= 15 is 0 Å². The lowest BCUT2D eigenvalue weighted by molar-refractivity contribution is 0.170. The number of likely N-dealkylation sites (N-methyl/N-ethyl adjacent to an activating group) is 1. The highest BCUT2D eigenvalue weighted by Crippen LogP contribution is 2.14. The Bertz CT molecular complexity index is 123. The van der Waals surface area contributed by atoms with E-state index in [9.17, 15) is 0 Å². The molecule has 1 aliphatic heterocycles. The Morgan fingerprint density at radius 3 is 2.75 bits per heavy atom. The molecule has 0 unspecified atom stereocenters. The summed E-state index contributed by atoms with van der Waals surface area (Å²) < 4.78 is 0. The van der Waals surface area contributed by atoms with Crippen molar-refractivity contribution >= 4 is 0 Å². The van der Waals surface area contributed by atoms with Crippen molar-refractivity contribution < 1.29 is 0 Å². The first kappa shape index (κ1) is 10.0. The van der Waals surface area contributed by atoms with Crippen molar-refractivity contribution in [1.82, 2.24) is 9.80 Å². The highest BCUT2D eigenvalue weighted by molar-refractivity contribution is 4.70. The molecule has 0 aromatic carbocycles. The second-order valence-electron chi connectivity index (χ2n) is 4.35. The van der Waals surface area contributed by atoms with E-state index in [-0.39, 0.29) is 0 Å². The van der Waals surface area contributed by atoms with Gasteiger partial charge in [0.15, 0.2) is 0 Å². The van der Waals surface area contributed by atoms with Crippen molar-refractivity contribution in [3.63, 3.8) is 0 Å². The van der Waals surface area contributed by atoms with Crippen LogP contribution in [0.15, 0.2) is 0 Å². The number of piperidine rings is 1. The molecule has 0 aromatic rings. The molecule has 0 radical (unpaired) electrons. The number of nitrogens with zero attached hydrogens (tertiary/aromatic N) is 2. The second-order valence-corrected chi connectivity index (χ2v) is 4.35. The minimum Gasteiger partial charge on any atom is -0.308 e. The van der Waals surface area contributed by atoms with E-state index in [0.29, 0.717) is 0 Å². The summed E-state index contributed by atoms with van der Waals surface area (Å²) in [6.07, 6.45) is 2.83. The first-order valence-electron chi connectivity index (χ1n) is 5.05. The summed E-state index contributed by atoms with van der Waals surface area (Å²) in [6.45, 7) is 7.44. The Balaban J connectivity index is 2.14. The number of hydrogen-bond donors (Lipinski definition) is 0. The Kier molecular flexibility index (Phi) is 4.02. The summed E-state index contributed by atoms with van der Waals surface area (Å²) >= 11 is 0. The van der Waals surface area contributed by atoms with Crippen molar-refractivity contribution in [2.45, 2.75) is 19.8 Å². The van der Waals surface area contributed by atoms with E-state index in [0.717, 1.165) is 5.92 Å². The molecule has 0 saturated carbocycles. The molecule has 0 amide bonds. The molecule has 0 spiro atoms. The summed E-state index contributed by atoms with van der Waals surface area (Å²) in [5.74, 6) is 0.918. The van der Waals surface area contributed by atoms with Crippen molar-refractivity contribution in [3.05, 3.63) is 0 Å². The molecule has 0 aliphatic carbocycles. The Morgan fingerprint density at radius 2 is 2.17 bits per heavy atom. The van der Waals surface area contributed by atoms with Gasteiger partial charge in [-0.2, -0.15) is 0 Å². The molecule has 0 aromatic heterocycles. The molecule has 1 rings (SSSR count). The summed E-state index contributed by atoms with van der Waals surface area (Å²) in [5.41, 5.74) is 0. The van der Waals surface area contributed by atoms with Crippen LogP contribution in [0.4, 0.5) is 0 Å². The van der Waals surface area contributed by atoms with E-state index < -0.39 is 0 Å². The van der Waals surface area contributed by atoms with E-state index in [2.05, 4.69) is 30.8 Å². The largest absolute Gasteiger partial charge is 0.308 e. The van der Waals surface area contributed by atoms with Gasteiger partial charge in [0.05, 0.1) is 0 Å². The Hall–Kier alpha value is -0.0800. The van der Waals surface area contributed by atoms with Crippen molar-refractivity contribution in [2.24, 2.45) is 5.92 Å². The smallest absolute Gasteiger partial charge is 0.0109 e. The molecule has 2 nitrogen and oxygen atoms in total. The molecule has 1 fully saturated rings. The number of hydrogen-bond acceptors (Lipinski definition) is 2. The van der Waals surface area contributed by atoms with Gasteiger partial charge in [0.1, 0.15) is 0 Å². The van der Waals surface area contributed by atoms with E-state index in [1.54, 1.807) is 0 Å². The monoisotopic (exact) mass is 170 g/mol. The van der Waals surface area contributed by atoms with Crippen LogP contribution in [-0.4, -0.2) is 50.1 Å². The average Bonchev–Trinajstić information content (AvgIpc) is 2.01. The van der Waals surface area contributed by atoms with Gasteiger partial charge in [-0.25, -0.2) is 0 Å². The normalized spacial score (nSPS) is 26.5. The zero-order valence-electron chi connectivity index (χ0n) is 8.71. The fraction of sp³-hybridized carbons (Fsp3) is 1.00. The van der Waals surface area contributed by atoms with Crippen molar-refractivity contribution in [3.8, 4) is 0 Å². The number of rotatable bonds is 3. The molecule has 1 atom stereocenters. The lowest BCUT2D eigenvalue weighted by Gasteiger charge is -2.31. The molecule has 0 bridgehead atoms. The van der Waals surface area contributed by atoms with Crippen molar-refractivity contribution in [2.75, 3.05) is 40.3 Å². The molecular formula is C10H22N2. The quantitative estimate of drug-likeness (QED) is 0.629. The lowest BCUT2D eigenvalue weighted by atomic mass is 10.0. The lowest BCUT2D eigenvalue weighted by Crippen LogP contribution is -2.38. The van der Waals surface area contributed by atoms with Gasteiger partial charge in [-0.3, -0.25) is 0 Å². The fourth-order valence-electron chi connectivity index (χ4n) is 1.83. The van der Waals surface area contributed by atoms with Gasteiger partial charge in [0, 0.05) is 19.6 Å². The number of likely N-dealkylation sites (tertiary alicyclic amines) is 1. The van der Waals surface area contributed by atoms with E-state index in [1.807, 2.05) is 0 Å². The highest BCUT2D eigenvalue weighted by atomic mass is 15.2. The minimum atomic E-state index is 0.918. The summed E-state index contributed by atoms with van der Waals surface area (Å²) in [6, 6.07) is 0. The molecule has 12 heavy (non-hydrogen) atoms. The maximum absolute atomic E-state index is 2.59. The van der Waals surface area contributed by atoms with Crippen LogP contribution in [-0.2, 0) is 0 Å². The molecule has 1 heterocycles. The van der Waals surface area contributed by atoms with Crippen LogP contribution in [0.2, 0.25) is 0 Å². The standard InChI is InChI=1S/C10H22N2/c1-10-5-4-6-12(9-10)8-7-11(2)3/h10H,4-9H2,1-3H3/t10-/m1/s1. The topological polar surface area (TPSA) is 6.48 Å². The van der Waals surface area contributed by atoms with Gasteiger partial charge in [0.2, 0.25) is 0 Å². The van der Waals surface area contributed by atoms with Crippen LogP contribution < -0.4 is 0 Å². The van der Waals surface area contributed by atoms with Gasteiger partial charge in [-0.05, 0) is 39.4 Å². The average molecular weight is 170 g/mol. The summed E-state index contributed by atoms with van der Waals surface area (Å²) in [7, 11) is 4.29. The third-order valence-electron chi connectivity index (χ3n) is 2.60. The maximum Gasteiger partial charge on any atom is 0.0109 e. The third-order valence-corrected chi connectivity index (χ3v) is 2.60. The zero-order valence-corrected chi connectivity index (χ0v) is 8.71. The van der Waals surface area contributed by atoms with Crippen LogP contribution in [0.3, 0.4) is 0 Å². The predicted octanol–water partition coefficient (Wildman–Crippen LogP) is 1.28. The van der Waals surface area contributed by atoms with Crippen LogP contribution in [0.25, 0.3) is 0 Å². The molecule has 2 heteroatoms. The van der Waals surface area contributed by atoms with Crippen molar-refractivity contribution in [1.29, 1.82) is 0 Å². The van der Waals surface area contributed by atoms with E-state index in [4.69, 9.17) is 0 Å². The van der Waals surface area contributed by atoms with Crippen LogP contribution >= 0.6 is 0 Å². The van der Waals surface area contributed by atoms with Gasteiger partial charge in [-0.15, -0.1) is 0 Å². The van der Waals surface area contributed by atoms with Crippen LogP contribution in [0.5, 0.6) is 0 Å². The Morgan fingerprint density at radius 1 is 1.42 bits per heavy atom. The van der Waals surface area contributed by atoms with Gasteiger partial charge in [-0.1, -0.05) is 6.92 Å². The summed E-state index contributed by atoms with van der Waals surface area (Å²) in [4.78, 5) is 4.85. The zero-order chi connectivity index (χ0) is 8.97. The SMILES string of the molecule is C[C@@H]1CCCN(CCN(C)C)C1. The van der Waals surface area contributed by atoms with Gasteiger partial charge < -0.3 is 9.80 Å². The predicted molar refractivity (Wildman–Crippen MR) is 53.4 cm³/mol. The second kappa shape index (κ2) is 4.83. The fourth-order valence-corrected chi connectivity index (χ4v) is 1.83. The molecule has 0 N–H and O–H groups in total. The van der Waals surface area contributed by atoms with Crippen LogP contribution in [0, 0.1) is 5.92 Å². The third kappa shape index (κ3) is 3.55. The summed E-state index contributed by atoms with van der Waals surface area (Å²) in [5, 5.41) is 0. The van der Waals surface area contributed by atoms with Gasteiger partial charge in [0.25, 0.3) is 0 Å². The molecule has 72 valence electrons. The van der Waals surface area contributed by atoms with E-state index in [1.165, 1.54) is 39.0 Å². The first-order chi connectivity index (χ1) is 5.68. The minimum absolute atomic E-state index is 0.918. The Labute approximate surface area is 76.5 Å². The highest BCUT2D eigenvalue weighted by Gasteiger charge is 2.15. The maximum atomic E-state index is 2.59. The van der Waals surface area contributed by atoms with Crippen LogP contribution in [0.1, 0.15) is 19.8 Å².